The summed E-state index contributed by atoms with van der Waals surface area (Å²) in [7, 11) is 0. The van der Waals surface area contributed by atoms with E-state index in [1.54, 1.807) is 11.3 Å². The van der Waals surface area contributed by atoms with E-state index in [1.807, 2.05) is 0 Å². The van der Waals surface area contributed by atoms with Crippen molar-refractivity contribution < 1.29 is 0 Å². The van der Waals surface area contributed by atoms with Gasteiger partial charge in [0.25, 0.3) is 0 Å². The Hall–Kier alpha value is -1.36. The maximum atomic E-state index is 4.69. The second-order valence-electron chi connectivity index (χ2n) is 6.10. The number of aryl methyl sites for hydroxylation is 3. The Morgan fingerprint density at radius 2 is 1.95 bits per heavy atom. The van der Waals surface area contributed by atoms with Gasteiger partial charge in [0.05, 0.1) is 27.3 Å². The summed E-state index contributed by atoms with van der Waals surface area (Å²) in [4.78, 5) is 10.6. The molecule has 1 aliphatic rings. The molecule has 1 N–H and O–H groups in total. The van der Waals surface area contributed by atoms with Gasteiger partial charge in [0.1, 0.15) is 0 Å². The lowest BCUT2D eigenvalue weighted by Gasteiger charge is -2.19. The SMILES string of the molecule is Cc1cn(C(C)c2sc(C)nc2C)c(NC2CCCC2)n1. The molecule has 0 saturated heterocycles. The van der Waals surface area contributed by atoms with Gasteiger partial charge < -0.3 is 9.88 Å². The molecule has 114 valence electrons. The van der Waals surface area contributed by atoms with Gasteiger partial charge in [0.2, 0.25) is 5.95 Å². The normalized spacial score (nSPS) is 17.3. The van der Waals surface area contributed by atoms with Gasteiger partial charge in [-0.15, -0.1) is 11.3 Å². The third-order valence-electron chi connectivity index (χ3n) is 4.28. The molecule has 2 aromatic heterocycles. The Labute approximate surface area is 130 Å². The fraction of sp³-hybridized carbons (Fsp3) is 0.625. The van der Waals surface area contributed by atoms with Crippen molar-refractivity contribution in [2.75, 3.05) is 5.32 Å². The number of anilines is 1. The van der Waals surface area contributed by atoms with E-state index in [9.17, 15) is 0 Å². The number of rotatable bonds is 4. The van der Waals surface area contributed by atoms with Gasteiger partial charge in [0, 0.05) is 12.2 Å². The van der Waals surface area contributed by atoms with Gasteiger partial charge in [-0.25, -0.2) is 9.97 Å². The molecule has 0 bridgehead atoms. The molecule has 0 radical (unpaired) electrons. The van der Waals surface area contributed by atoms with E-state index in [4.69, 9.17) is 4.98 Å². The summed E-state index contributed by atoms with van der Waals surface area (Å²) < 4.78 is 2.27. The monoisotopic (exact) mass is 304 g/mol. The van der Waals surface area contributed by atoms with Crippen LogP contribution in [0.1, 0.15) is 59.9 Å². The maximum Gasteiger partial charge on any atom is 0.203 e. The topological polar surface area (TPSA) is 42.7 Å². The molecular weight excluding hydrogens is 280 g/mol. The first-order chi connectivity index (χ1) is 10.0. The van der Waals surface area contributed by atoms with Gasteiger partial charge >= 0.3 is 0 Å². The summed E-state index contributed by atoms with van der Waals surface area (Å²) in [6.07, 6.45) is 7.34. The lowest BCUT2D eigenvalue weighted by Crippen LogP contribution is -2.19. The average molecular weight is 304 g/mol. The molecule has 1 unspecified atom stereocenters. The zero-order valence-electron chi connectivity index (χ0n) is 13.3. The lowest BCUT2D eigenvalue weighted by molar-refractivity contribution is 0.634. The van der Waals surface area contributed by atoms with Crippen molar-refractivity contribution in [3.63, 3.8) is 0 Å². The van der Waals surface area contributed by atoms with Crippen molar-refractivity contribution in [3.8, 4) is 0 Å². The molecule has 21 heavy (non-hydrogen) atoms. The molecule has 3 rings (SSSR count). The van der Waals surface area contributed by atoms with Gasteiger partial charge in [-0.2, -0.15) is 0 Å². The van der Waals surface area contributed by atoms with E-state index in [0.29, 0.717) is 6.04 Å². The summed E-state index contributed by atoms with van der Waals surface area (Å²) in [6, 6.07) is 0.864. The van der Waals surface area contributed by atoms with Crippen molar-refractivity contribution in [2.45, 2.75) is 65.5 Å². The van der Waals surface area contributed by atoms with Crippen LogP contribution in [0.4, 0.5) is 5.95 Å². The second-order valence-corrected chi connectivity index (χ2v) is 7.33. The molecule has 1 saturated carbocycles. The predicted molar refractivity (Wildman–Crippen MR) is 88.2 cm³/mol. The number of hydrogen-bond acceptors (Lipinski definition) is 4. The zero-order chi connectivity index (χ0) is 15.0. The number of thiazole rings is 1. The van der Waals surface area contributed by atoms with Crippen LogP contribution in [0.5, 0.6) is 0 Å². The fourth-order valence-corrected chi connectivity index (χ4v) is 4.21. The fourth-order valence-electron chi connectivity index (χ4n) is 3.23. The Bertz CT molecular complexity index is 622. The van der Waals surface area contributed by atoms with Gasteiger partial charge in [-0.05, 0) is 40.5 Å². The molecule has 2 aromatic rings. The summed E-state index contributed by atoms with van der Waals surface area (Å²) in [6.45, 7) is 8.47. The first-order valence-corrected chi connectivity index (χ1v) is 8.62. The van der Waals surface area contributed by atoms with E-state index in [-0.39, 0.29) is 6.04 Å². The Morgan fingerprint density at radius 1 is 1.24 bits per heavy atom. The number of hydrogen-bond donors (Lipinski definition) is 1. The van der Waals surface area contributed by atoms with E-state index in [0.717, 1.165) is 22.3 Å². The van der Waals surface area contributed by atoms with E-state index in [1.165, 1.54) is 30.6 Å². The number of nitrogens with one attached hydrogen (secondary N) is 1. The highest BCUT2D eigenvalue weighted by molar-refractivity contribution is 7.11. The van der Waals surface area contributed by atoms with Crippen LogP contribution in [0.25, 0.3) is 0 Å². The third-order valence-corrected chi connectivity index (χ3v) is 5.52. The predicted octanol–water partition coefficient (Wildman–Crippen LogP) is 4.23. The number of imidazole rings is 1. The van der Waals surface area contributed by atoms with E-state index < -0.39 is 0 Å². The van der Waals surface area contributed by atoms with Crippen LogP contribution < -0.4 is 5.32 Å². The molecular formula is C16H24N4S. The second kappa shape index (κ2) is 5.79. The molecule has 0 aromatic carbocycles. The molecule has 1 atom stereocenters. The minimum Gasteiger partial charge on any atom is -0.353 e. The van der Waals surface area contributed by atoms with Crippen molar-refractivity contribution >= 4 is 17.3 Å². The van der Waals surface area contributed by atoms with Crippen LogP contribution in [0.3, 0.4) is 0 Å². The molecule has 1 fully saturated rings. The Morgan fingerprint density at radius 3 is 2.57 bits per heavy atom. The van der Waals surface area contributed by atoms with E-state index >= 15 is 0 Å². The van der Waals surface area contributed by atoms with Crippen molar-refractivity contribution in [3.05, 3.63) is 27.5 Å². The largest absolute Gasteiger partial charge is 0.353 e. The van der Waals surface area contributed by atoms with Crippen LogP contribution in [0.15, 0.2) is 6.20 Å². The van der Waals surface area contributed by atoms with Crippen LogP contribution in [0.2, 0.25) is 0 Å². The minimum atomic E-state index is 0.279. The smallest absolute Gasteiger partial charge is 0.203 e. The average Bonchev–Trinajstić information content (AvgIpc) is 3.11. The number of nitrogens with zero attached hydrogens (tertiary/aromatic N) is 3. The van der Waals surface area contributed by atoms with Crippen molar-refractivity contribution in [1.29, 1.82) is 0 Å². The summed E-state index contributed by atoms with van der Waals surface area (Å²) in [5, 5.41) is 4.78. The molecule has 1 aliphatic carbocycles. The highest BCUT2D eigenvalue weighted by Crippen LogP contribution is 2.31. The molecule has 5 heteroatoms. The summed E-state index contributed by atoms with van der Waals surface area (Å²) in [5.74, 6) is 1.01. The van der Waals surface area contributed by atoms with Crippen molar-refractivity contribution in [2.24, 2.45) is 0 Å². The van der Waals surface area contributed by atoms with Gasteiger partial charge in [0.15, 0.2) is 0 Å². The standard InChI is InChI=1S/C16H24N4S/c1-10-9-20(12(3)15-11(2)18-13(4)21-15)16(17-10)19-14-7-5-6-8-14/h9,12,14H,5-8H2,1-4H3,(H,17,19). The lowest BCUT2D eigenvalue weighted by atomic mass is 10.2. The Kier molecular flexibility index (Phi) is 4.02. The first kappa shape index (κ1) is 14.6. The van der Waals surface area contributed by atoms with Crippen LogP contribution in [-0.4, -0.2) is 20.6 Å². The van der Waals surface area contributed by atoms with Crippen LogP contribution >= 0.6 is 11.3 Å². The number of aromatic nitrogens is 3. The molecule has 0 spiro atoms. The summed E-state index contributed by atoms with van der Waals surface area (Å²) in [5.41, 5.74) is 2.21. The molecule has 0 amide bonds. The quantitative estimate of drug-likeness (QED) is 0.919. The molecule has 2 heterocycles. The van der Waals surface area contributed by atoms with Crippen LogP contribution in [-0.2, 0) is 0 Å². The van der Waals surface area contributed by atoms with Crippen LogP contribution in [0, 0.1) is 20.8 Å². The first-order valence-electron chi connectivity index (χ1n) is 7.80. The summed E-state index contributed by atoms with van der Waals surface area (Å²) >= 11 is 1.79. The zero-order valence-corrected chi connectivity index (χ0v) is 14.1. The maximum absolute atomic E-state index is 4.69. The third kappa shape index (κ3) is 2.98. The van der Waals surface area contributed by atoms with E-state index in [2.05, 4.69) is 48.8 Å². The van der Waals surface area contributed by atoms with Crippen molar-refractivity contribution in [1.82, 2.24) is 14.5 Å². The highest BCUT2D eigenvalue weighted by Gasteiger charge is 2.21. The minimum absolute atomic E-state index is 0.279. The van der Waals surface area contributed by atoms with Gasteiger partial charge in [-0.1, -0.05) is 12.8 Å². The highest BCUT2D eigenvalue weighted by atomic mass is 32.1. The molecule has 0 aliphatic heterocycles. The Balaban J connectivity index is 1.88. The molecule has 4 nitrogen and oxygen atoms in total. The van der Waals surface area contributed by atoms with Gasteiger partial charge in [-0.3, -0.25) is 0 Å².